The SMILES string of the molecule is Cl.Cl.NCCC[C@H]1C[C@]1(C(=O)O)c1cn(-c2cccs2)cn1. The molecule has 2 aromatic heterocycles. The van der Waals surface area contributed by atoms with Crippen LogP contribution in [0.25, 0.3) is 5.00 Å². The van der Waals surface area contributed by atoms with Gasteiger partial charge in [-0.15, -0.1) is 36.2 Å². The van der Waals surface area contributed by atoms with Crippen LogP contribution < -0.4 is 5.73 Å². The summed E-state index contributed by atoms with van der Waals surface area (Å²) in [6.45, 7) is 0.607. The Labute approximate surface area is 145 Å². The van der Waals surface area contributed by atoms with Crippen molar-refractivity contribution in [1.82, 2.24) is 9.55 Å². The van der Waals surface area contributed by atoms with Crippen LogP contribution in [0, 0.1) is 5.92 Å². The van der Waals surface area contributed by atoms with E-state index >= 15 is 0 Å². The van der Waals surface area contributed by atoms with Crippen LogP contribution in [0.1, 0.15) is 25.0 Å². The maximum Gasteiger partial charge on any atom is 0.316 e. The summed E-state index contributed by atoms with van der Waals surface area (Å²) >= 11 is 1.60. The zero-order chi connectivity index (χ0) is 14.2. The summed E-state index contributed by atoms with van der Waals surface area (Å²) in [6, 6.07) is 3.95. The molecule has 8 heteroatoms. The van der Waals surface area contributed by atoms with Crippen molar-refractivity contribution in [3.8, 4) is 5.00 Å². The Morgan fingerprint density at radius 3 is 2.91 bits per heavy atom. The highest BCUT2D eigenvalue weighted by molar-refractivity contribution is 7.12. The number of aromatic nitrogens is 2. The van der Waals surface area contributed by atoms with Crippen molar-refractivity contribution in [3.05, 3.63) is 35.7 Å². The van der Waals surface area contributed by atoms with Crippen LogP contribution >= 0.6 is 36.2 Å². The maximum atomic E-state index is 11.7. The van der Waals surface area contributed by atoms with Gasteiger partial charge in [-0.1, -0.05) is 0 Å². The van der Waals surface area contributed by atoms with Gasteiger partial charge < -0.3 is 10.8 Å². The van der Waals surface area contributed by atoms with Crippen molar-refractivity contribution in [3.63, 3.8) is 0 Å². The van der Waals surface area contributed by atoms with Gasteiger partial charge in [0.25, 0.3) is 0 Å². The fourth-order valence-corrected chi connectivity index (χ4v) is 3.49. The molecule has 3 N–H and O–H groups in total. The minimum atomic E-state index is -0.794. The van der Waals surface area contributed by atoms with E-state index in [1.807, 2.05) is 28.3 Å². The smallest absolute Gasteiger partial charge is 0.316 e. The fraction of sp³-hybridized carbons (Fsp3) is 0.429. The number of carbonyl (C=O) groups is 1. The molecular weight excluding hydrogens is 345 g/mol. The largest absolute Gasteiger partial charge is 0.481 e. The third-order valence-electron chi connectivity index (χ3n) is 4.04. The van der Waals surface area contributed by atoms with E-state index in [-0.39, 0.29) is 30.7 Å². The van der Waals surface area contributed by atoms with Crippen LogP contribution in [0.4, 0.5) is 0 Å². The average molecular weight is 364 g/mol. The number of nitrogens with two attached hydrogens (primary N) is 1. The molecule has 3 rings (SSSR count). The molecular formula is C14H19Cl2N3O2S. The second-order valence-electron chi connectivity index (χ2n) is 5.23. The fourth-order valence-electron chi connectivity index (χ4n) is 2.82. The van der Waals surface area contributed by atoms with Crippen molar-refractivity contribution >= 4 is 42.1 Å². The number of nitrogens with zero attached hydrogens (tertiary/aromatic N) is 2. The molecule has 0 spiro atoms. The summed E-state index contributed by atoms with van der Waals surface area (Å²) in [5.74, 6) is -0.605. The summed E-state index contributed by atoms with van der Waals surface area (Å²) in [6.07, 6.45) is 5.94. The van der Waals surface area contributed by atoms with Gasteiger partial charge in [-0.2, -0.15) is 0 Å². The molecule has 0 aliphatic heterocycles. The van der Waals surface area contributed by atoms with E-state index in [2.05, 4.69) is 4.98 Å². The second-order valence-corrected chi connectivity index (χ2v) is 6.15. The van der Waals surface area contributed by atoms with E-state index < -0.39 is 11.4 Å². The van der Waals surface area contributed by atoms with Gasteiger partial charge in [0.1, 0.15) is 16.7 Å². The zero-order valence-electron chi connectivity index (χ0n) is 11.8. The molecule has 0 radical (unpaired) electrons. The molecule has 2 aromatic rings. The Balaban J connectivity index is 0.00000121. The number of halogens is 2. The number of carboxylic acid groups (broad SMARTS) is 1. The Kier molecular flexibility index (Phi) is 6.43. The number of hydrogen-bond donors (Lipinski definition) is 2. The van der Waals surface area contributed by atoms with Crippen LogP contribution in [-0.2, 0) is 10.2 Å². The molecule has 1 aliphatic rings. The highest BCUT2D eigenvalue weighted by Crippen LogP contribution is 2.56. The first-order valence-corrected chi connectivity index (χ1v) is 7.58. The highest BCUT2D eigenvalue weighted by atomic mass is 35.5. The lowest BCUT2D eigenvalue weighted by Crippen LogP contribution is -2.23. The van der Waals surface area contributed by atoms with Crippen LogP contribution in [0.15, 0.2) is 30.0 Å². The van der Waals surface area contributed by atoms with Crippen molar-refractivity contribution in [2.24, 2.45) is 11.7 Å². The Bertz CT molecular complexity index is 617. The van der Waals surface area contributed by atoms with Gasteiger partial charge in [0, 0.05) is 6.20 Å². The van der Waals surface area contributed by atoms with Gasteiger partial charge in [-0.25, -0.2) is 4.98 Å². The normalized spacial score (nSPS) is 22.5. The predicted octanol–water partition coefficient (Wildman–Crippen LogP) is 2.86. The summed E-state index contributed by atoms with van der Waals surface area (Å²) in [4.78, 5) is 16.0. The van der Waals surface area contributed by atoms with E-state index in [0.29, 0.717) is 18.7 Å². The number of thiophene rings is 1. The summed E-state index contributed by atoms with van der Waals surface area (Å²) < 4.78 is 1.89. The van der Waals surface area contributed by atoms with Crippen LogP contribution in [-0.4, -0.2) is 27.2 Å². The molecule has 0 saturated heterocycles. The van der Waals surface area contributed by atoms with Gasteiger partial charge in [0.05, 0.1) is 5.69 Å². The number of rotatable bonds is 6. The molecule has 2 heterocycles. The first-order valence-electron chi connectivity index (χ1n) is 6.70. The standard InChI is InChI=1S/C14H17N3O2S.2ClH/c15-5-1-3-10-7-14(10,13(18)19)11-8-17(9-16-11)12-4-2-6-20-12;;/h2,4,6,8-10H,1,3,5,7,15H2,(H,18,19);2*1H/t10-,14+;;/m0../s1. The first kappa shape index (κ1) is 19.0. The Morgan fingerprint density at radius 1 is 1.55 bits per heavy atom. The molecule has 2 atom stereocenters. The number of hydrogen-bond acceptors (Lipinski definition) is 4. The van der Waals surface area contributed by atoms with Crippen molar-refractivity contribution in [2.45, 2.75) is 24.7 Å². The quantitative estimate of drug-likeness (QED) is 0.826. The minimum Gasteiger partial charge on any atom is -0.481 e. The van der Waals surface area contributed by atoms with E-state index in [1.54, 1.807) is 17.7 Å². The van der Waals surface area contributed by atoms with Crippen LogP contribution in [0.3, 0.4) is 0 Å². The molecule has 22 heavy (non-hydrogen) atoms. The molecule has 0 bridgehead atoms. The van der Waals surface area contributed by atoms with E-state index in [9.17, 15) is 9.90 Å². The molecule has 0 unspecified atom stereocenters. The molecule has 5 nitrogen and oxygen atoms in total. The van der Waals surface area contributed by atoms with E-state index in [1.165, 1.54) is 0 Å². The number of carboxylic acids is 1. The molecule has 0 amide bonds. The van der Waals surface area contributed by atoms with Gasteiger partial charge in [-0.05, 0) is 49.2 Å². The lowest BCUT2D eigenvalue weighted by Gasteiger charge is -2.09. The molecule has 122 valence electrons. The summed E-state index contributed by atoms with van der Waals surface area (Å²) in [5, 5.41) is 12.6. The van der Waals surface area contributed by atoms with E-state index in [0.717, 1.165) is 17.8 Å². The Hall–Kier alpha value is -1.08. The summed E-state index contributed by atoms with van der Waals surface area (Å²) in [7, 11) is 0. The van der Waals surface area contributed by atoms with Crippen molar-refractivity contribution in [1.29, 1.82) is 0 Å². The maximum absolute atomic E-state index is 11.7. The minimum absolute atomic E-state index is 0. The zero-order valence-corrected chi connectivity index (χ0v) is 14.3. The number of aliphatic carboxylic acids is 1. The van der Waals surface area contributed by atoms with Gasteiger partial charge in [0.15, 0.2) is 0 Å². The van der Waals surface area contributed by atoms with Gasteiger partial charge >= 0.3 is 5.97 Å². The molecule has 0 aromatic carbocycles. The van der Waals surface area contributed by atoms with Crippen molar-refractivity contribution in [2.75, 3.05) is 6.54 Å². The molecule has 1 fully saturated rings. The lowest BCUT2D eigenvalue weighted by molar-refractivity contribution is -0.140. The number of imidazole rings is 1. The molecule has 1 aliphatic carbocycles. The topological polar surface area (TPSA) is 81.1 Å². The van der Waals surface area contributed by atoms with Gasteiger partial charge in [-0.3, -0.25) is 9.36 Å². The predicted molar refractivity (Wildman–Crippen MR) is 91.6 cm³/mol. The van der Waals surface area contributed by atoms with Crippen LogP contribution in [0.5, 0.6) is 0 Å². The third kappa shape index (κ3) is 3.15. The average Bonchev–Trinajstić information content (AvgIpc) is 2.87. The summed E-state index contributed by atoms with van der Waals surface area (Å²) in [5.41, 5.74) is 5.38. The second kappa shape index (κ2) is 7.46. The van der Waals surface area contributed by atoms with Crippen molar-refractivity contribution < 1.29 is 9.90 Å². The monoisotopic (exact) mass is 363 g/mol. The highest BCUT2D eigenvalue weighted by Gasteiger charge is 2.62. The van der Waals surface area contributed by atoms with Gasteiger partial charge in [0.2, 0.25) is 0 Å². The first-order chi connectivity index (χ1) is 9.68. The Morgan fingerprint density at radius 2 is 2.32 bits per heavy atom. The van der Waals surface area contributed by atoms with E-state index in [4.69, 9.17) is 5.73 Å². The third-order valence-corrected chi connectivity index (χ3v) is 4.93. The molecule has 1 saturated carbocycles. The lowest BCUT2D eigenvalue weighted by atomic mass is 9.98. The van der Waals surface area contributed by atoms with Crippen LogP contribution in [0.2, 0.25) is 0 Å².